The Bertz CT molecular complexity index is 797. The highest BCUT2D eigenvalue weighted by atomic mass is 32.2. The number of carbonyl (C=O) groups excluding carboxylic acids is 1. The Morgan fingerprint density at radius 1 is 1.32 bits per heavy atom. The average molecular weight is 398 g/mol. The number of pyridine rings is 1. The van der Waals surface area contributed by atoms with Crippen molar-refractivity contribution < 1.29 is 9.53 Å². The molecule has 5 nitrogen and oxygen atoms in total. The maximum absolute atomic E-state index is 12.8. The Balaban J connectivity index is 1.77. The monoisotopic (exact) mass is 397 g/mol. The number of hydrogen-bond acceptors (Lipinski definition) is 5. The Morgan fingerprint density at radius 2 is 2.11 bits per heavy atom. The number of likely N-dealkylation sites (N-methyl/N-ethyl adjacent to an activating group) is 1. The topological polar surface area (TPSA) is 45.7 Å². The quantitative estimate of drug-likeness (QED) is 0.638. The van der Waals surface area contributed by atoms with Crippen molar-refractivity contribution in [1.82, 2.24) is 14.8 Å². The third kappa shape index (κ3) is 5.14. The van der Waals surface area contributed by atoms with Crippen LogP contribution in [-0.4, -0.2) is 59.2 Å². The molecule has 1 fully saturated rings. The van der Waals surface area contributed by atoms with Crippen molar-refractivity contribution in [3.63, 3.8) is 0 Å². The van der Waals surface area contributed by atoms with Gasteiger partial charge in [-0.3, -0.25) is 9.69 Å². The van der Waals surface area contributed by atoms with E-state index in [9.17, 15) is 4.79 Å². The minimum Gasteiger partial charge on any atom is -0.489 e. The van der Waals surface area contributed by atoms with Crippen LogP contribution in [0.4, 0.5) is 0 Å². The molecule has 2 atom stereocenters. The number of thioether (sulfide) groups is 1. The van der Waals surface area contributed by atoms with Gasteiger partial charge < -0.3 is 9.64 Å². The van der Waals surface area contributed by atoms with Gasteiger partial charge in [0.1, 0.15) is 12.4 Å². The van der Waals surface area contributed by atoms with Crippen molar-refractivity contribution >= 4 is 17.7 Å². The Hall–Kier alpha value is -2.31. The summed E-state index contributed by atoms with van der Waals surface area (Å²) in [4.78, 5) is 21.2. The molecule has 2 heterocycles. The molecule has 2 aromatic rings. The molecule has 148 valence electrons. The third-order valence-corrected chi connectivity index (χ3v) is 5.88. The molecule has 6 heteroatoms. The van der Waals surface area contributed by atoms with E-state index < -0.39 is 0 Å². The normalized spacial score (nSPS) is 19.4. The molecule has 0 spiro atoms. The molecular formula is C22H27N3O2S. The largest absolute Gasteiger partial charge is 0.489 e. The molecule has 1 aromatic heterocycles. The average Bonchev–Trinajstić information content (AvgIpc) is 3.09. The minimum atomic E-state index is -0.135. The summed E-state index contributed by atoms with van der Waals surface area (Å²) < 4.78 is 5.81. The molecule has 1 aromatic carbocycles. The van der Waals surface area contributed by atoms with Gasteiger partial charge in [-0.15, -0.1) is 11.8 Å². The second-order valence-corrected chi connectivity index (χ2v) is 8.35. The van der Waals surface area contributed by atoms with E-state index in [1.807, 2.05) is 56.7 Å². The molecule has 0 saturated carbocycles. The third-order valence-electron chi connectivity index (χ3n) is 4.72. The first-order chi connectivity index (χ1) is 13.6. The van der Waals surface area contributed by atoms with Gasteiger partial charge >= 0.3 is 0 Å². The molecule has 0 unspecified atom stereocenters. The van der Waals surface area contributed by atoms with Gasteiger partial charge in [-0.1, -0.05) is 36.9 Å². The fourth-order valence-electron chi connectivity index (χ4n) is 3.41. The van der Waals surface area contributed by atoms with Crippen LogP contribution in [0, 0.1) is 0 Å². The lowest BCUT2D eigenvalue weighted by Gasteiger charge is -2.26. The second-order valence-electron chi connectivity index (χ2n) is 7.03. The van der Waals surface area contributed by atoms with Crippen molar-refractivity contribution in [2.75, 3.05) is 27.2 Å². The summed E-state index contributed by atoms with van der Waals surface area (Å²) in [7, 11) is 3.64. The molecule has 1 aliphatic rings. The van der Waals surface area contributed by atoms with E-state index in [1.165, 1.54) is 0 Å². The van der Waals surface area contributed by atoms with Gasteiger partial charge in [0, 0.05) is 44.2 Å². The van der Waals surface area contributed by atoms with E-state index in [-0.39, 0.29) is 11.9 Å². The van der Waals surface area contributed by atoms with Crippen molar-refractivity contribution in [1.29, 1.82) is 0 Å². The lowest BCUT2D eigenvalue weighted by atomic mass is 10.1. The van der Waals surface area contributed by atoms with Gasteiger partial charge in [-0.2, -0.15) is 0 Å². The highest BCUT2D eigenvalue weighted by Gasteiger charge is 2.38. The number of nitrogens with zero attached hydrogens (tertiary/aromatic N) is 3. The van der Waals surface area contributed by atoms with Gasteiger partial charge in [-0.25, -0.2) is 4.98 Å². The van der Waals surface area contributed by atoms with Crippen molar-refractivity contribution in [2.24, 2.45) is 0 Å². The van der Waals surface area contributed by atoms with Crippen molar-refractivity contribution in [3.8, 4) is 5.75 Å². The maximum Gasteiger partial charge on any atom is 0.239 e. The van der Waals surface area contributed by atoms with Crippen molar-refractivity contribution in [3.05, 3.63) is 66.9 Å². The summed E-state index contributed by atoms with van der Waals surface area (Å²) in [6.45, 7) is 5.70. The van der Waals surface area contributed by atoms with Crippen LogP contribution in [0.5, 0.6) is 5.75 Å². The summed E-state index contributed by atoms with van der Waals surface area (Å²) in [5, 5.41) is 1.32. The van der Waals surface area contributed by atoms with Crippen LogP contribution in [0.25, 0.3) is 0 Å². The van der Waals surface area contributed by atoms with Crippen LogP contribution in [-0.2, 0) is 11.3 Å². The van der Waals surface area contributed by atoms with Crippen LogP contribution in [0.1, 0.15) is 12.0 Å². The first kappa shape index (κ1) is 20.4. The Morgan fingerprint density at radius 3 is 2.82 bits per heavy atom. The minimum absolute atomic E-state index is 0.135. The van der Waals surface area contributed by atoms with Gasteiger partial charge in [0.2, 0.25) is 5.91 Å². The number of amides is 1. The van der Waals surface area contributed by atoms with E-state index in [1.54, 1.807) is 22.7 Å². The van der Waals surface area contributed by atoms with Gasteiger partial charge in [0.05, 0.1) is 11.1 Å². The number of para-hydroxylation sites is 1. The van der Waals surface area contributed by atoms with Gasteiger partial charge in [-0.05, 0) is 24.6 Å². The summed E-state index contributed by atoms with van der Waals surface area (Å²) in [6, 6.07) is 13.8. The predicted octanol–water partition coefficient (Wildman–Crippen LogP) is 3.47. The standard InChI is InChI=1S/C22H27N3O2S/c1-4-13-27-20-10-6-5-9-17(20)15-25-16-18(14-19(25)22(26)24(2)3)28-21-11-7-8-12-23-21/h4-12,18-19H,1,13-16H2,2-3H3/t18-,19+/m1/s1. The molecule has 0 radical (unpaired) electrons. The van der Waals surface area contributed by atoms with Crippen LogP contribution in [0.2, 0.25) is 0 Å². The highest BCUT2D eigenvalue weighted by molar-refractivity contribution is 7.99. The number of hydrogen-bond donors (Lipinski definition) is 0. The van der Waals surface area contributed by atoms with Gasteiger partial charge in [0.15, 0.2) is 0 Å². The van der Waals surface area contributed by atoms with E-state index >= 15 is 0 Å². The van der Waals surface area contributed by atoms with E-state index in [2.05, 4.69) is 22.5 Å². The zero-order valence-electron chi connectivity index (χ0n) is 16.5. The molecule has 0 N–H and O–H groups in total. The molecule has 0 aliphatic carbocycles. The molecule has 28 heavy (non-hydrogen) atoms. The number of ether oxygens (including phenoxy) is 1. The lowest BCUT2D eigenvalue weighted by Crippen LogP contribution is -2.42. The first-order valence-electron chi connectivity index (χ1n) is 9.43. The van der Waals surface area contributed by atoms with Crippen LogP contribution >= 0.6 is 11.8 Å². The molecule has 0 bridgehead atoms. The number of benzene rings is 1. The highest BCUT2D eigenvalue weighted by Crippen LogP contribution is 2.34. The molecule has 1 amide bonds. The predicted molar refractivity (Wildman–Crippen MR) is 114 cm³/mol. The molecule has 1 aliphatic heterocycles. The fraction of sp³-hybridized carbons (Fsp3) is 0.364. The number of carbonyl (C=O) groups is 1. The van der Waals surface area contributed by atoms with Crippen LogP contribution < -0.4 is 4.74 Å². The van der Waals surface area contributed by atoms with Crippen LogP contribution in [0.3, 0.4) is 0 Å². The molecule has 1 saturated heterocycles. The zero-order chi connectivity index (χ0) is 19.9. The number of rotatable bonds is 8. The lowest BCUT2D eigenvalue weighted by molar-refractivity contribution is -0.133. The summed E-state index contributed by atoms with van der Waals surface area (Å²) >= 11 is 1.75. The summed E-state index contributed by atoms with van der Waals surface area (Å²) in [5.74, 6) is 0.993. The zero-order valence-corrected chi connectivity index (χ0v) is 17.3. The Labute approximate surface area is 171 Å². The molecular weight excluding hydrogens is 370 g/mol. The maximum atomic E-state index is 12.8. The number of aromatic nitrogens is 1. The second kappa shape index (κ2) is 9.75. The number of likely N-dealkylation sites (tertiary alicyclic amines) is 1. The first-order valence-corrected chi connectivity index (χ1v) is 10.3. The van der Waals surface area contributed by atoms with E-state index in [4.69, 9.17) is 4.74 Å². The van der Waals surface area contributed by atoms with Crippen molar-refractivity contribution in [2.45, 2.75) is 29.3 Å². The van der Waals surface area contributed by atoms with Gasteiger partial charge in [0.25, 0.3) is 0 Å². The van der Waals surface area contributed by atoms with E-state index in [0.717, 1.165) is 29.3 Å². The smallest absolute Gasteiger partial charge is 0.239 e. The Kier molecular flexibility index (Phi) is 7.12. The SMILES string of the molecule is C=CCOc1ccccc1CN1C[C@H](Sc2ccccn2)C[C@H]1C(=O)N(C)C. The summed E-state index contributed by atoms with van der Waals surface area (Å²) in [5.41, 5.74) is 1.09. The molecule has 3 rings (SSSR count). The summed E-state index contributed by atoms with van der Waals surface area (Å²) in [6.07, 6.45) is 4.36. The fourth-order valence-corrected chi connectivity index (χ4v) is 4.57. The van der Waals surface area contributed by atoms with E-state index in [0.29, 0.717) is 18.4 Å². The van der Waals surface area contributed by atoms with Crippen LogP contribution in [0.15, 0.2) is 66.3 Å².